The van der Waals surface area contributed by atoms with E-state index >= 15 is 0 Å². The highest BCUT2D eigenvalue weighted by molar-refractivity contribution is 5.62. The number of nitro benzene ring substituents is 1. The van der Waals surface area contributed by atoms with E-state index in [9.17, 15) is 10.1 Å². The number of nitrogens with one attached hydrogen (secondary N) is 1. The van der Waals surface area contributed by atoms with Crippen molar-refractivity contribution in [1.29, 1.82) is 0 Å². The lowest BCUT2D eigenvalue weighted by molar-refractivity contribution is -0.384. The van der Waals surface area contributed by atoms with Gasteiger partial charge in [-0.1, -0.05) is 25.0 Å². The third-order valence-electron chi connectivity index (χ3n) is 5.12. The Labute approximate surface area is 124 Å². The number of rotatable bonds is 5. The lowest BCUT2D eigenvalue weighted by Gasteiger charge is -2.54. The molecule has 0 heterocycles. The van der Waals surface area contributed by atoms with Crippen molar-refractivity contribution >= 4 is 11.4 Å². The van der Waals surface area contributed by atoms with Crippen LogP contribution in [-0.2, 0) is 4.74 Å². The molecule has 114 valence electrons. The number of benzene rings is 1. The summed E-state index contributed by atoms with van der Waals surface area (Å²) >= 11 is 0. The second kappa shape index (κ2) is 5.64. The molecule has 21 heavy (non-hydrogen) atoms. The molecule has 0 bridgehead atoms. The van der Waals surface area contributed by atoms with E-state index in [0.717, 1.165) is 25.9 Å². The number of anilines is 1. The second-order valence-corrected chi connectivity index (χ2v) is 6.09. The zero-order valence-corrected chi connectivity index (χ0v) is 12.4. The van der Waals surface area contributed by atoms with Gasteiger partial charge in [-0.15, -0.1) is 0 Å². The van der Waals surface area contributed by atoms with Crippen molar-refractivity contribution in [2.75, 3.05) is 11.9 Å². The Morgan fingerprint density at radius 3 is 2.76 bits per heavy atom. The summed E-state index contributed by atoms with van der Waals surface area (Å²) in [5.74, 6) is 0. The minimum atomic E-state index is -0.317. The van der Waals surface area contributed by atoms with E-state index < -0.39 is 0 Å². The van der Waals surface area contributed by atoms with Crippen LogP contribution in [0.15, 0.2) is 24.3 Å². The minimum absolute atomic E-state index is 0.158. The summed E-state index contributed by atoms with van der Waals surface area (Å²) in [6.45, 7) is 2.77. The summed E-state index contributed by atoms with van der Waals surface area (Å²) in [5.41, 5.74) is 0.971. The summed E-state index contributed by atoms with van der Waals surface area (Å²) in [6.07, 6.45) is 6.05. The average Bonchev–Trinajstić information content (AvgIpc) is 2.99. The molecule has 1 aromatic carbocycles. The lowest BCUT2D eigenvalue weighted by Crippen LogP contribution is -2.60. The molecule has 0 saturated heterocycles. The first-order chi connectivity index (χ1) is 10.2. The molecule has 2 saturated carbocycles. The summed E-state index contributed by atoms with van der Waals surface area (Å²) in [5, 5.41) is 14.6. The van der Waals surface area contributed by atoms with Crippen LogP contribution in [0.25, 0.3) is 0 Å². The van der Waals surface area contributed by atoms with Gasteiger partial charge < -0.3 is 10.1 Å². The third-order valence-corrected chi connectivity index (χ3v) is 5.12. The molecule has 5 heteroatoms. The lowest BCUT2D eigenvalue weighted by atomic mass is 9.60. The van der Waals surface area contributed by atoms with Crippen molar-refractivity contribution in [3.05, 3.63) is 34.4 Å². The van der Waals surface area contributed by atoms with Crippen molar-refractivity contribution < 1.29 is 9.66 Å². The first-order valence-corrected chi connectivity index (χ1v) is 7.79. The molecule has 0 aromatic heterocycles. The number of hydrogen-bond donors (Lipinski definition) is 1. The Balaban J connectivity index is 1.78. The van der Waals surface area contributed by atoms with E-state index in [2.05, 4.69) is 5.32 Å². The molecule has 3 rings (SSSR count). The zero-order chi connectivity index (χ0) is 14.9. The monoisotopic (exact) mass is 290 g/mol. The van der Waals surface area contributed by atoms with E-state index in [0.29, 0.717) is 11.8 Å². The molecular weight excluding hydrogens is 268 g/mol. The topological polar surface area (TPSA) is 64.4 Å². The highest BCUT2D eigenvalue weighted by Crippen LogP contribution is 2.55. The molecule has 0 amide bonds. The van der Waals surface area contributed by atoms with Crippen LogP contribution >= 0.6 is 0 Å². The van der Waals surface area contributed by atoms with E-state index in [1.54, 1.807) is 18.2 Å². The van der Waals surface area contributed by atoms with E-state index in [1.165, 1.54) is 12.8 Å². The summed E-state index contributed by atoms with van der Waals surface area (Å²) in [4.78, 5) is 10.8. The van der Waals surface area contributed by atoms with Gasteiger partial charge >= 0.3 is 0 Å². The maximum Gasteiger partial charge on any atom is 0.292 e. The Hall–Kier alpha value is -1.62. The first kappa shape index (κ1) is 14.3. The maximum atomic E-state index is 11.1. The van der Waals surface area contributed by atoms with Gasteiger partial charge in [-0.25, -0.2) is 0 Å². The number of nitro groups is 1. The summed E-state index contributed by atoms with van der Waals surface area (Å²) in [7, 11) is 0. The molecule has 2 unspecified atom stereocenters. The third kappa shape index (κ3) is 2.39. The first-order valence-electron chi connectivity index (χ1n) is 7.79. The van der Waals surface area contributed by atoms with Gasteiger partial charge in [0.2, 0.25) is 0 Å². The maximum absolute atomic E-state index is 11.1. The molecule has 2 aliphatic carbocycles. The van der Waals surface area contributed by atoms with Crippen molar-refractivity contribution in [2.24, 2.45) is 5.41 Å². The summed E-state index contributed by atoms with van der Waals surface area (Å²) in [6, 6.07) is 7.20. The predicted molar refractivity (Wildman–Crippen MR) is 81.4 cm³/mol. The van der Waals surface area contributed by atoms with E-state index in [4.69, 9.17) is 4.74 Å². The average molecular weight is 290 g/mol. The molecule has 1 N–H and O–H groups in total. The highest BCUT2D eigenvalue weighted by Gasteiger charge is 2.56. The Morgan fingerprint density at radius 1 is 1.38 bits per heavy atom. The van der Waals surface area contributed by atoms with E-state index in [1.807, 2.05) is 13.0 Å². The normalized spacial score (nSPS) is 26.5. The van der Waals surface area contributed by atoms with Gasteiger partial charge in [-0.3, -0.25) is 10.1 Å². The SMILES string of the molecule is CCOC1CC(Nc2ccccc2[N+](=O)[O-])C12CCCC2. The molecule has 2 atom stereocenters. The fraction of sp³-hybridized carbons (Fsp3) is 0.625. The van der Waals surface area contributed by atoms with Crippen LogP contribution in [-0.4, -0.2) is 23.7 Å². The van der Waals surface area contributed by atoms with E-state index in [-0.39, 0.29) is 22.1 Å². The fourth-order valence-corrected chi connectivity index (χ4v) is 4.03. The standard InChI is InChI=1S/C16H22N2O3/c1-2-21-15-11-14(16(15)9-5-6-10-16)17-12-7-3-4-8-13(12)18(19)20/h3-4,7-8,14-15,17H,2,5-6,9-11H2,1H3. The van der Waals surface area contributed by atoms with Crippen LogP contribution in [0.2, 0.25) is 0 Å². The smallest absolute Gasteiger partial charge is 0.292 e. The van der Waals surface area contributed by atoms with Crippen molar-refractivity contribution in [1.82, 2.24) is 0 Å². The van der Waals surface area contributed by atoms with Crippen molar-refractivity contribution in [3.8, 4) is 0 Å². The fourth-order valence-electron chi connectivity index (χ4n) is 4.03. The van der Waals surface area contributed by atoms with Gasteiger partial charge in [0.05, 0.1) is 11.0 Å². The quantitative estimate of drug-likeness (QED) is 0.662. The summed E-state index contributed by atoms with van der Waals surface area (Å²) < 4.78 is 5.89. The highest BCUT2D eigenvalue weighted by atomic mass is 16.6. The minimum Gasteiger partial charge on any atom is -0.378 e. The van der Waals surface area contributed by atoms with Gasteiger partial charge in [0, 0.05) is 24.1 Å². The molecule has 5 nitrogen and oxygen atoms in total. The van der Waals surface area contributed by atoms with Crippen LogP contribution < -0.4 is 5.32 Å². The van der Waals surface area contributed by atoms with Gasteiger partial charge in [-0.05, 0) is 32.3 Å². The zero-order valence-electron chi connectivity index (χ0n) is 12.4. The van der Waals surface area contributed by atoms with Crippen LogP contribution in [0.4, 0.5) is 11.4 Å². The van der Waals surface area contributed by atoms with Crippen LogP contribution in [0.1, 0.15) is 39.0 Å². The van der Waals surface area contributed by atoms with Crippen LogP contribution in [0, 0.1) is 15.5 Å². The number of para-hydroxylation sites is 2. The molecular formula is C16H22N2O3. The molecule has 1 aromatic rings. The van der Waals surface area contributed by atoms with Gasteiger partial charge in [0.15, 0.2) is 0 Å². The Morgan fingerprint density at radius 2 is 2.10 bits per heavy atom. The van der Waals surface area contributed by atoms with Crippen LogP contribution in [0.5, 0.6) is 0 Å². The molecule has 2 aliphatic rings. The molecule has 2 fully saturated rings. The number of hydrogen-bond acceptors (Lipinski definition) is 4. The largest absolute Gasteiger partial charge is 0.378 e. The van der Waals surface area contributed by atoms with Crippen molar-refractivity contribution in [3.63, 3.8) is 0 Å². The van der Waals surface area contributed by atoms with Crippen LogP contribution in [0.3, 0.4) is 0 Å². The van der Waals surface area contributed by atoms with Gasteiger partial charge in [-0.2, -0.15) is 0 Å². The molecule has 0 aliphatic heterocycles. The molecule has 0 radical (unpaired) electrons. The Kier molecular flexibility index (Phi) is 3.85. The number of ether oxygens (including phenoxy) is 1. The predicted octanol–water partition coefficient (Wildman–Crippen LogP) is 3.74. The van der Waals surface area contributed by atoms with Gasteiger partial charge in [0.25, 0.3) is 5.69 Å². The van der Waals surface area contributed by atoms with Crippen molar-refractivity contribution in [2.45, 2.75) is 51.2 Å². The molecule has 1 spiro atoms. The Bertz CT molecular complexity index is 526. The number of nitrogens with zero attached hydrogens (tertiary/aromatic N) is 1. The second-order valence-electron chi connectivity index (χ2n) is 6.09. The van der Waals surface area contributed by atoms with Gasteiger partial charge in [0.1, 0.15) is 5.69 Å².